The van der Waals surface area contributed by atoms with Crippen molar-refractivity contribution in [2.75, 3.05) is 67.5 Å². The van der Waals surface area contributed by atoms with E-state index in [9.17, 15) is 9.59 Å². The molecule has 2 amide bonds. The van der Waals surface area contributed by atoms with Crippen LogP contribution in [0.5, 0.6) is 0 Å². The van der Waals surface area contributed by atoms with E-state index in [2.05, 4.69) is 22.3 Å². The lowest BCUT2D eigenvalue weighted by atomic mass is 10.1. The van der Waals surface area contributed by atoms with Crippen molar-refractivity contribution in [1.29, 1.82) is 0 Å². The molecule has 1 aliphatic rings. The van der Waals surface area contributed by atoms with E-state index in [1.807, 2.05) is 50.1 Å². The monoisotopic (exact) mass is 431 g/mol. The van der Waals surface area contributed by atoms with Gasteiger partial charge in [-0.15, -0.1) is 0 Å². The summed E-state index contributed by atoms with van der Waals surface area (Å²) in [5.41, 5.74) is 2.29. The highest BCUT2D eigenvalue weighted by molar-refractivity contribution is 6.34. The topological polar surface area (TPSA) is 59.1 Å². The Morgan fingerprint density at radius 2 is 1.45 bits per heavy atom. The second-order valence-corrected chi connectivity index (χ2v) is 9.09. The molecule has 31 heavy (non-hydrogen) atoms. The van der Waals surface area contributed by atoms with Crippen LogP contribution in [0.1, 0.15) is 36.8 Å². The molecule has 1 heterocycles. The number of rotatable bonds is 10. The van der Waals surface area contributed by atoms with Gasteiger partial charge in [0.05, 0.1) is 0 Å². The van der Waals surface area contributed by atoms with Crippen molar-refractivity contribution in [3.63, 3.8) is 0 Å². The number of nitrogens with one attached hydrogen (secondary N) is 1. The van der Waals surface area contributed by atoms with Gasteiger partial charge in [0.2, 0.25) is 0 Å². The first-order valence-electron chi connectivity index (χ1n) is 11.5. The molecule has 0 bridgehead atoms. The Labute approximate surface area is 188 Å². The molecule has 1 saturated heterocycles. The Bertz CT molecular complexity index is 672. The zero-order valence-corrected chi connectivity index (χ0v) is 19.9. The summed E-state index contributed by atoms with van der Waals surface area (Å²) in [4.78, 5) is 33.5. The highest BCUT2D eigenvalue weighted by Gasteiger charge is 2.21. The lowest BCUT2D eigenvalue weighted by molar-refractivity contribution is -0.146. The van der Waals surface area contributed by atoms with Crippen molar-refractivity contribution >= 4 is 11.8 Å². The number of hydrogen-bond acceptors (Lipinski definition) is 5. The van der Waals surface area contributed by atoms with Crippen molar-refractivity contribution in [1.82, 2.24) is 24.9 Å². The summed E-state index contributed by atoms with van der Waals surface area (Å²) in [6, 6.07) is 8.33. The van der Waals surface area contributed by atoms with Gasteiger partial charge in [-0.05, 0) is 65.2 Å². The number of carbonyl (C=O) groups is 2. The number of nitrogens with zero attached hydrogens (tertiary/aromatic N) is 4. The molecule has 1 fully saturated rings. The van der Waals surface area contributed by atoms with Crippen molar-refractivity contribution in [2.45, 2.75) is 38.8 Å². The lowest BCUT2D eigenvalue weighted by Crippen LogP contribution is -2.47. The molecule has 0 unspecified atom stereocenters. The van der Waals surface area contributed by atoms with Gasteiger partial charge >= 0.3 is 11.8 Å². The summed E-state index contributed by atoms with van der Waals surface area (Å²) < 4.78 is 0. The molecule has 0 aromatic heterocycles. The first kappa shape index (κ1) is 25.3. The zero-order chi connectivity index (χ0) is 22.6. The summed E-state index contributed by atoms with van der Waals surface area (Å²) in [7, 11) is 7.86. The fourth-order valence-electron chi connectivity index (χ4n) is 3.75. The number of hydrogen-bond donors (Lipinski definition) is 1. The van der Waals surface area contributed by atoms with Crippen molar-refractivity contribution < 1.29 is 9.59 Å². The Hall–Kier alpha value is -1.96. The molecule has 1 aromatic rings. The highest BCUT2D eigenvalue weighted by Crippen LogP contribution is 2.14. The largest absolute Gasteiger partial charge is 0.344 e. The van der Waals surface area contributed by atoms with Crippen LogP contribution in [0.15, 0.2) is 24.3 Å². The molecule has 0 spiro atoms. The van der Waals surface area contributed by atoms with Crippen LogP contribution in [0, 0.1) is 0 Å². The number of carbonyl (C=O) groups excluding carboxylic acids is 2. The molecule has 174 valence electrons. The quantitative estimate of drug-likeness (QED) is 0.571. The minimum atomic E-state index is -0.532. The average molecular weight is 432 g/mol. The molecule has 7 heteroatoms. The van der Waals surface area contributed by atoms with Gasteiger partial charge in [-0.1, -0.05) is 37.1 Å². The minimum absolute atomic E-state index is 0.369. The van der Waals surface area contributed by atoms with Gasteiger partial charge in [-0.2, -0.15) is 0 Å². The van der Waals surface area contributed by atoms with E-state index in [4.69, 9.17) is 0 Å². The van der Waals surface area contributed by atoms with E-state index in [1.54, 1.807) is 4.90 Å². The van der Waals surface area contributed by atoms with E-state index in [1.165, 1.54) is 31.2 Å². The van der Waals surface area contributed by atoms with Crippen molar-refractivity contribution in [3.05, 3.63) is 35.4 Å². The predicted octanol–water partition coefficient (Wildman–Crippen LogP) is 1.63. The summed E-state index contributed by atoms with van der Waals surface area (Å²) in [5, 5.41) is 2.82. The second-order valence-electron chi connectivity index (χ2n) is 9.09. The van der Waals surface area contributed by atoms with Crippen LogP contribution < -0.4 is 5.32 Å². The second kappa shape index (κ2) is 13.5. The van der Waals surface area contributed by atoms with Crippen LogP contribution in [0.3, 0.4) is 0 Å². The summed E-state index contributed by atoms with van der Waals surface area (Å²) >= 11 is 0. The maximum atomic E-state index is 12.7. The van der Waals surface area contributed by atoms with Gasteiger partial charge in [-0.25, -0.2) is 0 Å². The van der Waals surface area contributed by atoms with Gasteiger partial charge in [0.1, 0.15) is 0 Å². The van der Waals surface area contributed by atoms with Crippen LogP contribution >= 0.6 is 0 Å². The van der Waals surface area contributed by atoms with E-state index < -0.39 is 11.8 Å². The smallest absolute Gasteiger partial charge is 0.311 e. The fraction of sp³-hybridized carbons (Fsp3) is 0.667. The molecule has 7 nitrogen and oxygen atoms in total. The maximum Gasteiger partial charge on any atom is 0.311 e. The van der Waals surface area contributed by atoms with Crippen LogP contribution in [-0.2, 0) is 22.7 Å². The van der Waals surface area contributed by atoms with Crippen molar-refractivity contribution in [2.24, 2.45) is 0 Å². The zero-order valence-electron chi connectivity index (χ0n) is 19.9. The third kappa shape index (κ3) is 9.80. The summed E-state index contributed by atoms with van der Waals surface area (Å²) in [6.07, 6.45) is 5.21. The van der Waals surface area contributed by atoms with E-state index in [0.29, 0.717) is 19.6 Å². The number of likely N-dealkylation sites (tertiary alicyclic amines) is 1. The molecule has 0 aliphatic carbocycles. The molecule has 0 atom stereocenters. The Balaban J connectivity index is 1.89. The molecular formula is C24H41N5O2. The predicted molar refractivity (Wildman–Crippen MR) is 126 cm³/mol. The van der Waals surface area contributed by atoms with Crippen LogP contribution in [0.4, 0.5) is 0 Å². The third-order valence-electron chi connectivity index (χ3n) is 5.67. The van der Waals surface area contributed by atoms with Gasteiger partial charge in [0.15, 0.2) is 0 Å². The first-order valence-corrected chi connectivity index (χ1v) is 11.5. The average Bonchev–Trinajstić information content (AvgIpc) is 3.00. The minimum Gasteiger partial charge on any atom is -0.344 e. The maximum absolute atomic E-state index is 12.7. The molecular weight excluding hydrogens is 390 g/mol. The summed E-state index contributed by atoms with van der Waals surface area (Å²) in [5.74, 6) is -0.986. The molecule has 0 saturated carbocycles. The van der Waals surface area contributed by atoms with Gasteiger partial charge in [0, 0.05) is 39.3 Å². The highest BCUT2D eigenvalue weighted by atomic mass is 16.2. The normalized spacial score (nSPS) is 15.2. The Morgan fingerprint density at radius 1 is 0.871 bits per heavy atom. The van der Waals surface area contributed by atoms with E-state index >= 15 is 0 Å². The van der Waals surface area contributed by atoms with Crippen LogP contribution in [0.2, 0.25) is 0 Å². The van der Waals surface area contributed by atoms with E-state index in [0.717, 1.165) is 38.3 Å². The third-order valence-corrected chi connectivity index (χ3v) is 5.67. The molecule has 2 rings (SSSR count). The number of likely N-dealkylation sites (N-methyl/N-ethyl adjacent to an activating group) is 2. The number of benzene rings is 1. The summed E-state index contributed by atoms with van der Waals surface area (Å²) in [6.45, 7) is 6.17. The van der Waals surface area contributed by atoms with Crippen LogP contribution in [-0.4, -0.2) is 98.9 Å². The Kier molecular flexibility index (Phi) is 11.0. The van der Waals surface area contributed by atoms with Gasteiger partial charge in [-0.3, -0.25) is 14.5 Å². The lowest BCUT2D eigenvalue weighted by Gasteiger charge is -2.25. The molecule has 1 aliphatic heterocycles. The Morgan fingerprint density at radius 3 is 2.03 bits per heavy atom. The first-order chi connectivity index (χ1) is 14.8. The standard InChI is InChI=1S/C24H41N5O2/c1-26(2)14-16-29(17-15-27(3)4)24(31)23(30)25-19-21-10-9-11-22(18-21)20-28-12-7-5-6-8-13-28/h9-11,18H,5-8,12-17,19-20H2,1-4H3,(H,25,30). The van der Waals surface area contributed by atoms with Gasteiger partial charge in [0.25, 0.3) is 0 Å². The fourth-order valence-corrected chi connectivity index (χ4v) is 3.75. The molecule has 1 aromatic carbocycles. The van der Waals surface area contributed by atoms with Crippen molar-refractivity contribution in [3.8, 4) is 0 Å². The molecule has 1 N–H and O–H groups in total. The SMILES string of the molecule is CN(C)CCN(CCN(C)C)C(=O)C(=O)NCc1cccc(CN2CCCCCC2)c1. The van der Waals surface area contributed by atoms with Crippen LogP contribution in [0.25, 0.3) is 0 Å². The number of amides is 2. The van der Waals surface area contributed by atoms with E-state index in [-0.39, 0.29) is 0 Å². The van der Waals surface area contributed by atoms with Gasteiger partial charge < -0.3 is 20.0 Å². The molecule has 0 radical (unpaired) electrons.